The van der Waals surface area contributed by atoms with Crippen molar-refractivity contribution >= 4 is 50.2 Å². The van der Waals surface area contributed by atoms with Gasteiger partial charge >= 0.3 is 0 Å². The van der Waals surface area contributed by atoms with Gasteiger partial charge in [0.15, 0.2) is 0 Å². The summed E-state index contributed by atoms with van der Waals surface area (Å²) < 4.78 is 13.5. The van der Waals surface area contributed by atoms with Crippen LogP contribution in [0.15, 0.2) is 36.4 Å². The second kappa shape index (κ2) is 5.87. The molecule has 6 heteroatoms. The SMILES string of the molecule is Fc1ccc(Cl)c(-c2nc3c(Cl)cccc3nc2CBr)c1. The standard InChI is InChI=1S/C15H8BrCl2FN2/c16-7-13-14(9-6-8(19)4-5-10(9)17)21-15-11(18)2-1-3-12(15)20-13/h1-6H,7H2. The van der Waals surface area contributed by atoms with E-state index in [1.807, 2.05) is 12.1 Å². The lowest BCUT2D eigenvalue weighted by molar-refractivity contribution is 0.628. The van der Waals surface area contributed by atoms with Crippen LogP contribution in [0.1, 0.15) is 5.69 Å². The number of halogens is 4. The van der Waals surface area contributed by atoms with Crippen LogP contribution in [-0.4, -0.2) is 9.97 Å². The van der Waals surface area contributed by atoms with Crippen LogP contribution >= 0.6 is 39.1 Å². The normalized spacial score (nSPS) is 11.0. The number of nitrogens with zero attached hydrogens (tertiary/aromatic N) is 2. The minimum atomic E-state index is -0.379. The third-order valence-electron chi connectivity index (χ3n) is 3.03. The van der Waals surface area contributed by atoms with E-state index in [9.17, 15) is 4.39 Å². The third kappa shape index (κ3) is 2.76. The molecular weight excluding hydrogens is 378 g/mol. The van der Waals surface area contributed by atoms with Gasteiger partial charge in [0, 0.05) is 10.9 Å². The zero-order chi connectivity index (χ0) is 15.0. The highest BCUT2D eigenvalue weighted by Crippen LogP contribution is 2.32. The average molecular weight is 386 g/mol. The maximum Gasteiger partial charge on any atom is 0.123 e. The van der Waals surface area contributed by atoms with Crippen molar-refractivity contribution < 1.29 is 4.39 Å². The Morgan fingerprint density at radius 2 is 1.86 bits per heavy atom. The van der Waals surface area contributed by atoms with E-state index >= 15 is 0 Å². The van der Waals surface area contributed by atoms with Crippen LogP contribution in [0.3, 0.4) is 0 Å². The van der Waals surface area contributed by atoms with Gasteiger partial charge in [-0.2, -0.15) is 0 Å². The first-order valence-corrected chi connectivity index (χ1v) is 7.94. The third-order valence-corrected chi connectivity index (χ3v) is 4.19. The Morgan fingerprint density at radius 1 is 1.05 bits per heavy atom. The van der Waals surface area contributed by atoms with Crippen molar-refractivity contribution in [3.8, 4) is 11.3 Å². The molecule has 1 heterocycles. The largest absolute Gasteiger partial charge is 0.248 e. The van der Waals surface area contributed by atoms with Gasteiger partial charge in [-0.05, 0) is 30.3 Å². The molecule has 21 heavy (non-hydrogen) atoms. The summed E-state index contributed by atoms with van der Waals surface area (Å²) >= 11 is 15.7. The molecule has 0 fully saturated rings. The van der Waals surface area contributed by atoms with Gasteiger partial charge in [-0.25, -0.2) is 14.4 Å². The summed E-state index contributed by atoms with van der Waals surface area (Å²) in [4.78, 5) is 9.07. The van der Waals surface area contributed by atoms with Gasteiger partial charge in [0.05, 0.1) is 26.9 Å². The quantitative estimate of drug-likeness (QED) is 0.533. The number of aromatic nitrogens is 2. The van der Waals surface area contributed by atoms with Crippen LogP contribution in [0.5, 0.6) is 0 Å². The van der Waals surface area contributed by atoms with Crippen LogP contribution in [0.2, 0.25) is 10.0 Å². The van der Waals surface area contributed by atoms with Gasteiger partial charge < -0.3 is 0 Å². The predicted octanol–water partition coefficient (Wildman–Crippen LogP) is 5.64. The zero-order valence-corrected chi connectivity index (χ0v) is 13.7. The fraction of sp³-hybridized carbons (Fsp3) is 0.0667. The van der Waals surface area contributed by atoms with E-state index in [4.69, 9.17) is 23.2 Å². The second-order valence-corrected chi connectivity index (χ2v) is 5.76. The molecule has 3 aromatic rings. The molecule has 0 amide bonds. The first-order valence-electron chi connectivity index (χ1n) is 6.06. The van der Waals surface area contributed by atoms with Crippen molar-refractivity contribution in [1.29, 1.82) is 0 Å². The van der Waals surface area contributed by atoms with Gasteiger partial charge in [-0.1, -0.05) is 45.2 Å². The Bertz CT molecular complexity index is 839. The Kier molecular flexibility index (Phi) is 4.11. The van der Waals surface area contributed by atoms with Crippen molar-refractivity contribution in [2.24, 2.45) is 0 Å². The molecule has 0 aliphatic rings. The van der Waals surface area contributed by atoms with Crippen LogP contribution in [0.4, 0.5) is 4.39 Å². The monoisotopic (exact) mass is 384 g/mol. The minimum Gasteiger partial charge on any atom is -0.248 e. The van der Waals surface area contributed by atoms with Crippen LogP contribution in [-0.2, 0) is 5.33 Å². The second-order valence-electron chi connectivity index (χ2n) is 4.38. The van der Waals surface area contributed by atoms with Crippen molar-refractivity contribution in [2.45, 2.75) is 5.33 Å². The zero-order valence-electron chi connectivity index (χ0n) is 10.6. The van der Waals surface area contributed by atoms with Gasteiger partial charge in [0.2, 0.25) is 0 Å². The van der Waals surface area contributed by atoms with Gasteiger partial charge in [0.25, 0.3) is 0 Å². The lowest BCUT2D eigenvalue weighted by Crippen LogP contribution is -1.98. The molecule has 0 N–H and O–H groups in total. The fourth-order valence-electron chi connectivity index (χ4n) is 2.07. The van der Waals surface area contributed by atoms with Crippen molar-refractivity contribution in [2.75, 3.05) is 0 Å². The number of benzene rings is 2. The molecule has 0 unspecified atom stereocenters. The van der Waals surface area contributed by atoms with E-state index in [1.165, 1.54) is 18.2 Å². The molecule has 1 aromatic heterocycles. The topological polar surface area (TPSA) is 25.8 Å². The number of para-hydroxylation sites is 1. The predicted molar refractivity (Wildman–Crippen MR) is 87.6 cm³/mol. The van der Waals surface area contributed by atoms with Gasteiger partial charge in [0.1, 0.15) is 11.3 Å². The Labute approximate surface area is 139 Å². The molecule has 0 aliphatic carbocycles. The maximum atomic E-state index is 13.5. The molecule has 0 spiro atoms. The van der Waals surface area contributed by atoms with E-state index < -0.39 is 0 Å². The van der Waals surface area contributed by atoms with E-state index in [0.717, 1.165) is 0 Å². The number of rotatable bonds is 2. The Hall–Kier alpha value is -1.23. The summed E-state index contributed by atoms with van der Waals surface area (Å²) in [6.07, 6.45) is 0. The van der Waals surface area contributed by atoms with Crippen molar-refractivity contribution in [3.63, 3.8) is 0 Å². The molecule has 0 bridgehead atoms. The van der Waals surface area contributed by atoms with Crippen LogP contribution in [0.25, 0.3) is 22.3 Å². The maximum absolute atomic E-state index is 13.5. The first-order chi connectivity index (χ1) is 10.1. The number of hydrogen-bond donors (Lipinski definition) is 0. The molecule has 0 aliphatic heterocycles. The summed E-state index contributed by atoms with van der Waals surface area (Å²) in [5.41, 5.74) is 2.96. The van der Waals surface area contributed by atoms with Crippen molar-refractivity contribution in [1.82, 2.24) is 9.97 Å². The minimum absolute atomic E-state index is 0.379. The molecule has 106 valence electrons. The molecule has 2 aromatic carbocycles. The first kappa shape index (κ1) is 14.7. The summed E-state index contributed by atoms with van der Waals surface area (Å²) in [6, 6.07) is 9.54. The van der Waals surface area contributed by atoms with Crippen LogP contribution in [0, 0.1) is 5.82 Å². The molecule has 0 saturated carbocycles. The van der Waals surface area contributed by atoms with Gasteiger partial charge in [-0.15, -0.1) is 0 Å². The molecule has 3 rings (SSSR count). The highest BCUT2D eigenvalue weighted by molar-refractivity contribution is 9.08. The summed E-state index contributed by atoms with van der Waals surface area (Å²) in [5.74, 6) is -0.379. The number of alkyl halides is 1. The Morgan fingerprint density at radius 3 is 2.62 bits per heavy atom. The summed E-state index contributed by atoms with van der Waals surface area (Å²) in [6.45, 7) is 0. The summed E-state index contributed by atoms with van der Waals surface area (Å²) in [7, 11) is 0. The number of fused-ring (bicyclic) bond motifs is 1. The fourth-order valence-corrected chi connectivity index (χ4v) is 2.88. The van der Waals surface area contributed by atoms with Gasteiger partial charge in [-0.3, -0.25) is 0 Å². The highest BCUT2D eigenvalue weighted by atomic mass is 79.9. The van der Waals surface area contributed by atoms with E-state index in [-0.39, 0.29) is 5.82 Å². The molecule has 0 radical (unpaired) electrons. The average Bonchev–Trinajstić information content (AvgIpc) is 2.49. The van der Waals surface area contributed by atoms with E-state index in [0.29, 0.717) is 43.4 Å². The van der Waals surface area contributed by atoms with E-state index in [2.05, 4.69) is 25.9 Å². The lowest BCUT2D eigenvalue weighted by atomic mass is 10.1. The molecule has 0 atom stereocenters. The number of hydrogen-bond acceptors (Lipinski definition) is 2. The molecule has 0 saturated heterocycles. The van der Waals surface area contributed by atoms with E-state index in [1.54, 1.807) is 6.07 Å². The highest BCUT2D eigenvalue weighted by Gasteiger charge is 2.15. The summed E-state index contributed by atoms with van der Waals surface area (Å²) in [5, 5.41) is 1.39. The smallest absolute Gasteiger partial charge is 0.123 e. The Balaban J connectivity index is 2.35. The molecular formula is C15H8BrCl2FN2. The molecule has 2 nitrogen and oxygen atoms in total. The van der Waals surface area contributed by atoms with Crippen LogP contribution < -0.4 is 0 Å². The van der Waals surface area contributed by atoms with Crippen molar-refractivity contribution in [3.05, 3.63) is 58.0 Å². The lowest BCUT2D eigenvalue weighted by Gasteiger charge is -2.10.